The fourth-order valence-corrected chi connectivity index (χ4v) is 3.46. The zero-order valence-electron chi connectivity index (χ0n) is 17.5. The van der Waals surface area contributed by atoms with Gasteiger partial charge in [-0.25, -0.2) is 0 Å². The van der Waals surface area contributed by atoms with Gasteiger partial charge in [-0.15, -0.1) is 0 Å². The van der Waals surface area contributed by atoms with Crippen molar-refractivity contribution in [1.29, 1.82) is 0 Å². The third-order valence-corrected chi connectivity index (χ3v) is 5.34. The molecule has 0 fully saturated rings. The number of pyridine rings is 1. The Kier molecular flexibility index (Phi) is 6.26. The van der Waals surface area contributed by atoms with Gasteiger partial charge < -0.3 is 19.7 Å². The number of phenols is 1. The van der Waals surface area contributed by atoms with Gasteiger partial charge in [0.2, 0.25) is 0 Å². The summed E-state index contributed by atoms with van der Waals surface area (Å²) in [5.74, 6) is 0.893. The number of halogens is 1. The summed E-state index contributed by atoms with van der Waals surface area (Å²) in [6.45, 7) is 1.51. The SMILES string of the molecule is CN(C)CCOc1ccc(-c2cc(-c3ccncc3)c(-c3ccc(Cl)c(O)c3)[nH]2)cc1. The molecular formula is C25H24ClN3O2. The lowest BCUT2D eigenvalue weighted by Gasteiger charge is -2.11. The second-order valence-corrected chi connectivity index (χ2v) is 7.96. The van der Waals surface area contributed by atoms with Gasteiger partial charge in [-0.2, -0.15) is 0 Å². The molecule has 2 N–H and O–H groups in total. The molecule has 0 saturated heterocycles. The average molecular weight is 434 g/mol. The largest absolute Gasteiger partial charge is 0.506 e. The first-order valence-electron chi connectivity index (χ1n) is 10.0. The molecule has 31 heavy (non-hydrogen) atoms. The number of hydrogen-bond donors (Lipinski definition) is 2. The highest BCUT2D eigenvalue weighted by molar-refractivity contribution is 6.32. The number of aromatic nitrogens is 2. The molecule has 5 nitrogen and oxygen atoms in total. The van der Waals surface area contributed by atoms with Crippen LogP contribution in [0.4, 0.5) is 0 Å². The van der Waals surface area contributed by atoms with Gasteiger partial charge in [0.15, 0.2) is 0 Å². The minimum atomic E-state index is 0.0511. The van der Waals surface area contributed by atoms with Gasteiger partial charge in [0.05, 0.1) is 10.7 Å². The summed E-state index contributed by atoms with van der Waals surface area (Å²) in [6.07, 6.45) is 3.54. The molecule has 0 spiro atoms. The lowest BCUT2D eigenvalue weighted by Crippen LogP contribution is -2.19. The maximum absolute atomic E-state index is 10.1. The first-order chi connectivity index (χ1) is 15.0. The molecule has 0 atom stereocenters. The Morgan fingerprint density at radius 1 is 0.935 bits per heavy atom. The molecule has 0 aliphatic carbocycles. The zero-order valence-corrected chi connectivity index (χ0v) is 18.2. The van der Waals surface area contributed by atoms with E-state index in [1.54, 1.807) is 24.5 Å². The van der Waals surface area contributed by atoms with Crippen molar-refractivity contribution in [2.24, 2.45) is 0 Å². The molecule has 0 aliphatic rings. The van der Waals surface area contributed by atoms with Crippen LogP contribution in [0, 0.1) is 0 Å². The summed E-state index contributed by atoms with van der Waals surface area (Å²) in [7, 11) is 4.05. The molecule has 0 bridgehead atoms. The monoisotopic (exact) mass is 433 g/mol. The van der Waals surface area contributed by atoms with Crippen molar-refractivity contribution < 1.29 is 9.84 Å². The number of H-pyrrole nitrogens is 1. The molecule has 4 rings (SSSR count). The van der Waals surface area contributed by atoms with Crippen molar-refractivity contribution in [3.63, 3.8) is 0 Å². The minimum absolute atomic E-state index is 0.0511. The van der Waals surface area contributed by atoms with Crippen LogP contribution < -0.4 is 4.74 Å². The number of nitrogens with zero attached hydrogens (tertiary/aromatic N) is 2. The molecule has 4 aromatic rings. The van der Waals surface area contributed by atoms with Gasteiger partial charge in [0, 0.05) is 35.8 Å². The third kappa shape index (κ3) is 4.90. The molecule has 0 saturated carbocycles. The van der Waals surface area contributed by atoms with Crippen LogP contribution in [0.1, 0.15) is 0 Å². The van der Waals surface area contributed by atoms with E-state index in [-0.39, 0.29) is 5.75 Å². The normalized spacial score (nSPS) is 11.1. The number of benzene rings is 2. The van der Waals surface area contributed by atoms with Gasteiger partial charge in [0.25, 0.3) is 0 Å². The van der Waals surface area contributed by atoms with E-state index in [4.69, 9.17) is 16.3 Å². The zero-order chi connectivity index (χ0) is 21.8. The van der Waals surface area contributed by atoms with E-state index >= 15 is 0 Å². The van der Waals surface area contributed by atoms with Crippen LogP contribution in [-0.4, -0.2) is 47.2 Å². The lowest BCUT2D eigenvalue weighted by atomic mass is 10.0. The van der Waals surface area contributed by atoms with Crippen LogP contribution in [0.2, 0.25) is 5.02 Å². The van der Waals surface area contributed by atoms with Crippen molar-refractivity contribution in [1.82, 2.24) is 14.9 Å². The molecule has 6 heteroatoms. The molecule has 0 aliphatic heterocycles. The van der Waals surface area contributed by atoms with Crippen molar-refractivity contribution in [3.05, 3.63) is 78.1 Å². The van der Waals surface area contributed by atoms with Gasteiger partial charge in [-0.05, 0) is 79.8 Å². The maximum atomic E-state index is 10.1. The van der Waals surface area contributed by atoms with E-state index in [2.05, 4.69) is 20.9 Å². The summed E-state index contributed by atoms with van der Waals surface area (Å²) in [5.41, 5.74) is 5.81. The molecule has 158 valence electrons. The molecule has 2 aromatic carbocycles. The molecule has 0 radical (unpaired) electrons. The van der Waals surface area contributed by atoms with E-state index in [9.17, 15) is 5.11 Å². The van der Waals surface area contributed by atoms with Crippen molar-refractivity contribution in [2.45, 2.75) is 0 Å². The fraction of sp³-hybridized carbons (Fsp3) is 0.160. The minimum Gasteiger partial charge on any atom is -0.506 e. The molecule has 2 heterocycles. The van der Waals surface area contributed by atoms with Crippen LogP contribution in [0.5, 0.6) is 11.5 Å². The van der Waals surface area contributed by atoms with Crippen LogP contribution in [-0.2, 0) is 0 Å². The molecule has 2 aromatic heterocycles. The number of hydrogen-bond acceptors (Lipinski definition) is 4. The molecule has 0 amide bonds. The number of likely N-dealkylation sites (N-methyl/N-ethyl adjacent to an activating group) is 1. The van der Waals surface area contributed by atoms with Crippen molar-refractivity contribution >= 4 is 11.6 Å². The number of aromatic amines is 1. The topological polar surface area (TPSA) is 61.4 Å². The van der Waals surface area contributed by atoms with Gasteiger partial charge >= 0.3 is 0 Å². The van der Waals surface area contributed by atoms with Gasteiger partial charge in [-0.3, -0.25) is 4.98 Å². The van der Waals surface area contributed by atoms with Crippen LogP contribution >= 0.6 is 11.6 Å². The first-order valence-corrected chi connectivity index (χ1v) is 10.4. The molecular weight excluding hydrogens is 410 g/mol. The first kappa shape index (κ1) is 21.0. The Morgan fingerprint density at radius 2 is 1.65 bits per heavy atom. The predicted molar refractivity (Wildman–Crippen MR) is 126 cm³/mol. The maximum Gasteiger partial charge on any atom is 0.134 e. The Balaban J connectivity index is 1.69. The van der Waals surface area contributed by atoms with Gasteiger partial charge in [0.1, 0.15) is 18.1 Å². The standard InChI is InChI=1S/C25H24ClN3O2/c1-29(2)13-14-31-20-6-3-18(4-7-20)23-16-21(17-9-11-27-12-10-17)25(28-23)19-5-8-22(26)24(30)15-19/h3-12,15-16,28,30H,13-14H2,1-2H3. The van der Waals surface area contributed by atoms with Crippen molar-refractivity contribution in [2.75, 3.05) is 27.2 Å². The van der Waals surface area contributed by atoms with E-state index in [1.807, 2.05) is 56.6 Å². The lowest BCUT2D eigenvalue weighted by molar-refractivity contribution is 0.261. The van der Waals surface area contributed by atoms with E-state index in [1.165, 1.54) is 0 Å². The number of rotatable bonds is 7. The number of ether oxygens (including phenoxy) is 1. The second kappa shape index (κ2) is 9.25. The summed E-state index contributed by atoms with van der Waals surface area (Å²) in [6, 6.07) is 19.3. The smallest absolute Gasteiger partial charge is 0.134 e. The predicted octanol–water partition coefficient (Wildman–Crippen LogP) is 5.71. The number of nitrogens with one attached hydrogen (secondary N) is 1. The summed E-state index contributed by atoms with van der Waals surface area (Å²) in [4.78, 5) is 9.73. The number of phenolic OH excluding ortho intramolecular Hbond substituents is 1. The third-order valence-electron chi connectivity index (χ3n) is 5.02. The van der Waals surface area contributed by atoms with Crippen molar-refractivity contribution in [3.8, 4) is 45.1 Å². The summed E-state index contributed by atoms with van der Waals surface area (Å²) >= 11 is 6.01. The highest BCUT2D eigenvalue weighted by atomic mass is 35.5. The Bertz CT molecular complexity index is 1160. The van der Waals surface area contributed by atoms with Crippen LogP contribution in [0.25, 0.3) is 33.6 Å². The van der Waals surface area contributed by atoms with Crippen LogP contribution in [0.15, 0.2) is 73.1 Å². The Morgan fingerprint density at radius 3 is 2.32 bits per heavy atom. The second-order valence-electron chi connectivity index (χ2n) is 7.55. The fourth-order valence-electron chi connectivity index (χ4n) is 3.34. The van der Waals surface area contributed by atoms with E-state index < -0.39 is 0 Å². The average Bonchev–Trinajstić information content (AvgIpc) is 3.22. The number of aromatic hydroxyl groups is 1. The molecule has 0 unspecified atom stereocenters. The Labute approximate surface area is 186 Å². The van der Waals surface area contributed by atoms with Gasteiger partial charge in [-0.1, -0.05) is 17.7 Å². The Hall–Kier alpha value is -3.28. The highest BCUT2D eigenvalue weighted by Gasteiger charge is 2.15. The van der Waals surface area contributed by atoms with Crippen LogP contribution in [0.3, 0.4) is 0 Å². The van der Waals surface area contributed by atoms with E-state index in [0.717, 1.165) is 45.9 Å². The summed E-state index contributed by atoms with van der Waals surface area (Å²) in [5, 5.41) is 10.4. The van der Waals surface area contributed by atoms with E-state index in [0.29, 0.717) is 11.6 Å². The summed E-state index contributed by atoms with van der Waals surface area (Å²) < 4.78 is 5.80. The quantitative estimate of drug-likeness (QED) is 0.392. The highest BCUT2D eigenvalue weighted by Crippen LogP contribution is 2.38.